The van der Waals surface area contributed by atoms with Crippen LogP contribution in [0, 0.1) is 0 Å². The van der Waals surface area contributed by atoms with E-state index in [2.05, 4.69) is 19.9 Å². The highest BCUT2D eigenvalue weighted by Crippen LogP contribution is 2.46. The molecule has 6 heteroatoms. The van der Waals surface area contributed by atoms with Crippen molar-refractivity contribution >= 4 is 17.9 Å². The average molecular weight is 465 g/mol. The molecule has 1 N–H and O–H groups in total. The molecular weight excluding hydrogens is 432 g/mol. The number of phenols is 1. The zero-order valence-electron chi connectivity index (χ0n) is 20.6. The summed E-state index contributed by atoms with van der Waals surface area (Å²) in [6.45, 7) is 6.12. The van der Waals surface area contributed by atoms with E-state index in [0.717, 1.165) is 12.8 Å². The first kappa shape index (κ1) is 25.0. The molecule has 6 nitrogen and oxygen atoms in total. The minimum absolute atomic E-state index is 0.120. The van der Waals surface area contributed by atoms with Crippen LogP contribution in [0.5, 0.6) is 28.7 Å². The van der Waals surface area contributed by atoms with Gasteiger partial charge in [-0.25, -0.2) is 0 Å². The van der Waals surface area contributed by atoms with Crippen molar-refractivity contribution in [3.63, 3.8) is 0 Å². The summed E-state index contributed by atoms with van der Waals surface area (Å²) in [7, 11) is 4.64. The average Bonchev–Trinajstić information content (AvgIpc) is 2.82. The van der Waals surface area contributed by atoms with Gasteiger partial charge >= 0.3 is 0 Å². The predicted molar refractivity (Wildman–Crippen MR) is 134 cm³/mol. The molecule has 1 aliphatic rings. The van der Waals surface area contributed by atoms with E-state index in [1.165, 1.54) is 24.8 Å². The van der Waals surface area contributed by atoms with E-state index in [0.29, 0.717) is 34.1 Å². The molecule has 0 spiro atoms. The first-order valence-corrected chi connectivity index (χ1v) is 11.1. The molecule has 2 aromatic rings. The summed E-state index contributed by atoms with van der Waals surface area (Å²) in [6.07, 6.45) is 10.5. The molecule has 1 atom stereocenters. The topological polar surface area (TPSA) is 74.2 Å². The molecular formula is C28H32O6. The van der Waals surface area contributed by atoms with Crippen molar-refractivity contribution in [3.05, 3.63) is 64.8 Å². The number of fused-ring (bicyclic) bond motifs is 1. The van der Waals surface area contributed by atoms with Crippen LogP contribution in [0.4, 0.5) is 0 Å². The van der Waals surface area contributed by atoms with Gasteiger partial charge in [0, 0.05) is 5.56 Å². The quantitative estimate of drug-likeness (QED) is 0.270. The maximum Gasteiger partial charge on any atom is 0.189 e. The van der Waals surface area contributed by atoms with Crippen molar-refractivity contribution in [2.24, 2.45) is 0 Å². The fourth-order valence-corrected chi connectivity index (χ4v) is 3.78. The van der Waals surface area contributed by atoms with E-state index >= 15 is 0 Å². The van der Waals surface area contributed by atoms with Crippen LogP contribution >= 0.6 is 0 Å². The number of methoxy groups -OCH3 is 3. The van der Waals surface area contributed by atoms with E-state index in [4.69, 9.17) is 18.9 Å². The van der Waals surface area contributed by atoms with Gasteiger partial charge in [0.05, 0.1) is 32.5 Å². The molecule has 0 radical (unpaired) electrons. The van der Waals surface area contributed by atoms with E-state index in [1.54, 1.807) is 44.6 Å². The number of carbonyl (C=O) groups is 1. The Morgan fingerprint density at radius 3 is 2.47 bits per heavy atom. The van der Waals surface area contributed by atoms with Crippen LogP contribution in [-0.2, 0) is 0 Å². The van der Waals surface area contributed by atoms with Gasteiger partial charge in [-0.1, -0.05) is 11.6 Å². The third kappa shape index (κ3) is 5.45. The molecule has 1 unspecified atom stereocenters. The summed E-state index contributed by atoms with van der Waals surface area (Å²) < 4.78 is 22.4. The van der Waals surface area contributed by atoms with E-state index in [1.807, 2.05) is 13.0 Å². The largest absolute Gasteiger partial charge is 0.506 e. The summed E-state index contributed by atoms with van der Waals surface area (Å²) in [5.74, 6) is 1.53. The Morgan fingerprint density at radius 2 is 1.82 bits per heavy atom. The molecule has 3 rings (SSSR count). The predicted octanol–water partition coefficient (Wildman–Crippen LogP) is 6.22. The Morgan fingerprint density at radius 1 is 1.09 bits per heavy atom. The van der Waals surface area contributed by atoms with Crippen LogP contribution in [0.25, 0.3) is 12.2 Å². The second kappa shape index (κ2) is 10.5. The third-order valence-electron chi connectivity index (χ3n) is 5.72. The highest BCUT2D eigenvalue weighted by atomic mass is 16.5. The molecule has 0 saturated carbocycles. The Hall–Kier alpha value is -3.67. The Kier molecular flexibility index (Phi) is 7.72. The highest BCUT2D eigenvalue weighted by Gasteiger charge is 2.32. The number of hydrogen-bond acceptors (Lipinski definition) is 6. The van der Waals surface area contributed by atoms with Gasteiger partial charge in [-0.15, -0.1) is 0 Å². The van der Waals surface area contributed by atoms with Crippen LogP contribution < -0.4 is 18.9 Å². The van der Waals surface area contributed by atoms with E-state index < -0.39 is 5.60 Å². The Bertz CT molecular complexity index is 1150. The van der Waals surface area contributed by atoms with Crippen molar-refractivity contribution in [3.8, 4) is 28.7 Å². The number of allylic oxidation sites excluding steroid dienone is 3. The van der Waals surface area contributed by atoms with Crippen LogP contribution in [0.15, 0.2) is 48.1 Å². The fourth-order valence-electron chi connectivity index (χ4n) is 3.78. The Balaban J connectivity index is 1.93. The van der Waals surface area contributed by atoms with Gasteiger partial charge in [0.2, 0.25) is 0 Å². The first-order valence-electron chi connectivity index (χ1n) is 11.1. The summed E-state index contributed by atoms with van der Waals surface area (Å²) >= 11 is 0. The molecule has 0 aromatic heterocycles. The normalized spacial score (nSPS) is 16.5. The molecule has 0 aliphatic carbocycles. The standard InChI is InChI=1S/C28H32O6/c1-18(2)8-7-14-28(3)15-13-21-26(30)22(17-25(33-6)27(21)34-28)23(29)11-9-19-16-20(31-4)10-12-24(19)32-5/h8-13,15-17,30H,7,14H2,1-6H3. The SMILES string of the molecule is COc1ccc(OC)c(C=CC(=O)c2cc(OC)c3c(c2O)C=CC(C)(CCC=C(C)C)O3)c1. The van der Waals surface area contributed by atoms with Crippen molar-refractivity contribution < 1.29 is 28.8 Å². The van der Waals surface area contributed by atoms with E-state index in [-0.39, 0.29) is 17.1 Å². The zero-order chi connectivity index (χ0) is 24.9. The van der Waals surface area contributed by atoms with Gasteiger partial charge in [0.25, 0.3) is 0 Å². The zero-order valence-corrected chi connectivity index (χ0v) is 20.6. The van der Waals surface area contributed by atoms with Crippen molar-refractivity contribution in [1.82, 2.24) is 0 Å². The van der Waals surface area contributed by atoms with Gasteiger partial charge < -0.3 is 24.1 Å². The molecule has 0 bridgehead atoms. The molecule has 2 aromatic carbocycles. The summed E-state index contributed by atoms with van der Waals surface area (Å²) in [6, 6.07) is 6.82. The van der Waals surface area contributed by atoms with Gasteiger partial charge in [0.1, 0.15) is 22.8 Å². The maximum atomic E-state index is 13.0. The monoisotopic (exact) mass is 464 g/mol. The number of ether oxygens (including phenoxy) is 4. The van der Waals surface area contributed by atoms with Gasteiger partial charge in [0.15, 0.2) is 17.3 Å². The minimum atomic E-state index is -0.549. The maximum absolute atomic E-state index is 13.0. The number of carbonyl (C=O) groups excluding carboxylic acids is 1. The smallest absolute Gasteiger partial charge is 0.189 e. The summed E-state index contributed by atoms with van der Waals surface area (Å²) in [4.78, 5) is 13.0. The number of phenolic OH excluding ortho intramolecular Hbond substituents is 1. The number of hydrogen-bond donors (Lipinski definition) is 1. The van der Waals surface area contributed by atoms with Crippen LogP contribution in [0.3, 0.4) is 0 Å². The number of ketones is 1. The van der Waals surface area contributed by atoms with E-state index in [9.17, 15) is 9.90 Å². The molecule has 1 aliphatic heterocycles. The lowest BCUT2D eigenvalue weighted by Crippen LogP contribution is -2.32. The summed E-state index contributed by atoms with van der Waals surface area (Å²) in [5.41, 5.74) is 1.93. The van der Waals surface area contributed by atoms with Crippen LogP contribution in [-0.4, -0.2) is 37.8 Å². The lowest BCUT2D eigenvalue weighted by atomic mass is 9.92. The molecule has 0 amide bonds. The lowest BCUT2D eigenvalue weighted by Gasteiger charge is -2.33. The Labute approximate surface area is 201 Å². The molecule has 0 saturated heterocycles. The molecule has 0 fully saturated rings. The second-order valence-corrected chi connectivity index (χ2v) is 8.59. The van der Waals surface area contributed by atoms with Gasteiger partial charge in [-0.05, 0) is 82.2 Å². The number of rotatable bonds is 9. The molecule has 34 heavy (non-hydrogen) atoms. The summed E-state index contributed by atoms with van der Waals surface area (Å²) in [5, 5.41) is 10.9. The van der Waals surface area contributed by atoms with Crippen LogP contribution in [0.2, 0.25) is 0 Å². The van der Waals surface area contributed by atoms with Crippen molar-refractivity contribution in [2.75, 3.05) is 21.3 Å². The molecule has 180 valence electrons. The second-order valence-electron chi connectivity index (χ2n) is 8.59. The highest BCUT2D eigenvalue weighted by molar-refractivity contribution is 6.10. The number of benzene rings is 2. The fraction of sp³-hybridized carbons (Fsp3) is 0.321. The van der Waals surface area contributed by atoms with Crippen LogP contribution in [0.1, 0.15) is 55.1 Å². The lowest BCUT2D eigenvalue weighted by molar-refractivity contribution is 0.104. The van der Waals surface area contributed by atoms with Crippen molar-refractivity contribution in [1.29, 1.82) is 0 Å². The van der Waals surface area contributed by atoms with Crippen molar-refractivity contribution in [2.45, 2.75) is 39.2 Å². The number of aromatic hydroxyl groups is 1. The first-order chi connectivity index (χ1) is 16.2. The van der Waals surface area contributed by atoms with Gasteiger partial charge in [-0.2, -0.15) is 0 Å². The van der Waals surface area contributed by atoms with Gasteiger partial charge in [-0.3, -0.25) is 4.79 Å². The molecule has 1 heterocycles. The third-order valence-corrected chi connectivity index (χ3v) is 5.72. The minimum Gasteiger partial charge on any atom is -0.506 e.